The fourth-order valence-electron chi connectivity index (χ4n) is 2.95. The summed E-state index contributed by atoms with van der Waals surface area (Å²) in [4.78, 5) is 14.4. The van der Waals surface area contributed by atoms with Crippen LogP contribution in [0.3, 0.4) is 0 Å². The molecule has 1 atom stereocenters. The second-order valence-electron chi connectivity index (χ2n) is 5.60. The van der Waals surface area contributed by atoms with Crippen molar-refractivity contribution in [2.45, 2.75) is 30.6 Å². The van der Waals surface area contributed by atoms with Crippen molar-refractivity contribution in [1.29, 1.82) is 0 Å². The number of likely N-dealkylation sites (tertiary alicyclic amines) is 1. The highest BCUT2D eigenvalue weighted by Gasteiger charge is 2.33. The smallest absolute Gasteiger partial charge is 0.318 e. The van der Waals surface area contributed by atoms with E-state index in [2.05, 4.69) is 15.5 Å². The van der Waals surface area contributed by atoms with Gasteiger partial charge in [-0.25, -0.2) is 4.79 Å². The van der Waals surface area contributed by atoms with Crippen molar-refractivity contribution in [1.82, 2.24) is 25.0 Å². The minimum absolute atomic E-state index is 0.00386. The Labute approximate surface area is 140 Å². The Morgan fingerprint density at radius 1 is 1.35 bits per heavy atom. The molecule has 0 unspecified atom stereocenters. The van der Waals surface area contributed by atoms with Gasteiger partial charge >= 0.3 is 6.03 Å². The molecule has 1 aliphatic heterocycles. The first kappa shape index (κ1) is 15.9. The molecule has 7 heteroatoms. The summed E-state index contributed by atoms with van der Waals surface area (Å²) in [6.07, 6.45) is 3.90. The predicted octanol–water partition coefficient (Wildman–Crippen LogP) is 2.58. The van der Waals surface area contributed by atoms with Crippen LogP contribution in [0.5, 0.6) is 0 Å². The predicted molar refractivity (Wildman–Crippen MR) is 90.1 cm³/mol. The Morgan fingerprint density at radius 2 is 2.13 bits per heavy atom. The summed E-state index contributed by atoms with van der Waals surface area (Å²) in [7, 11) is 1.96. The Hall–Kier alpha value is -2.02. The SMILES string of the molecule is CSc1nnc([C@@H]2CCCN2C(=O)NCc2ccccc2)n1C. The maximum atomic E-state index is 12.5. The van der Waals surface area contributed by atoms with Gasteiger partial charge in [0.25, 0.3) is 0 Å². The number of hydrogen-bond acceptors (Lipinski definition) is 4. The number of rotatable bonds is 4. The van der Waals surface area contributed by atoms with E-state index in [0.717, 1.165) is 35.9 Å². The molecule has 1 saturated heterocycles. The molecule has 6 nitrogen and oxygen atoms in total. The molecule has 1 fully saturated rings. The molecule has 2 aromatic rings. The van der Waals surface area contributed by atoms with E-state index in [1.54, 1.807) is 11.8 Å². The van der Waals surface area contributed by atoms with Crippen LogP contribution >= 0.6 is 11.8 Å². The van der Waals surface area contributed by atoms with Crippen molar-refractivity contribution in [2.75, 3.05) is 12.8 Å². The summed E-state index contributed by atoms with van der Waals surface area (Å²) in [5.74, 6) is 0.863. The maximum Gasteiger partial charge on any atom is 0.318 e. The maximum absolute atomic E-state index is 12.5. The first-order valence-electron chi connectivity index (χ1n) is 7.72. The number of nitrogens with one attached hydrogen (secondary N) is 1. The van der Waals surface area contributed by atoms with Crippen LogP contribution in [-0.2, 0) is 13.6 Å². The molecule has 0 saturated carbocycles. The van der Waals surface area contributed by atoms with Crippen LogP contribution in [-0.4, -0.2) is 38.5 Å². The van der Waals surface area contributed by atoms with Gasteiger partial charge in [0.15, 0.2) is 11.0 Å². The summed E-state index contributed by atoms with van der Waals surface area (Å²) in [6, 6.07) is 9.91. The van der Waals surface area contributed by atoms with E-state index in [1.165, 1.54) is 0 Å². The second kappa shape index (κ2) is 7.04. The van der Waals surface area contributed by atoms with Crippen LogP contribution in [0.2, 0.25) is 0 Å². The zero-order valence-electron chi connectivity index (χ0n) is 13.4. The molecule has 0 radical (unpaired) electrons. The van der Waals surface area contributed by atoms with Gasteiger partial charge in [-0.1, -0.05) is 42.1 Å². The van der Waals surface area contributed by atoms with Gasteiger partial charge in [-0.15, -0.1) is 10.2 Å². The third kappa shape index (κ3) is 3.34. The van der Waals surface area contributed by atoms with Gasteiger partial charge in [0.2, 0.25) is 0 Å². The Balaban J connectivity index is 1.68. The minimum atomic E-state index is -0.0370. The van der Waals surface area contributed by atoms with E-state index >= 15 is 0 Å². The zero-order chi connectivity index (χ0) is 16.2. The van der Waals surface area contributed by atoms with Gasteiger partial charge in [0.05, 0.1) is 6.04 Å². The number of aromatic nitrogens is 3. The standard InChI is InChI=1S/C16H21N5OS/c1-20-14(18-19-16(20)23-2)13-9-6-10-21(13)15(22)17-11-12-7-4-3-5-8-12/h3-5,7-8,13H,6,9-11H2,1-2H3,(H,17,22)/t13-/m0/s1. The Kier molecular flexibility index (Phi) is 4.85. The fourth-order valence-corrected chi connectivity index (χ4v) is 3.44. The van der Waals surface area contributed by atoms with E-state index in [9.17, 15) is 4.79 Å². The van der Waals surface area contributed by atoms with Gasteiger partial charge < -0.3 is 14.8 Å². The van der Waals surface area contributed by atoms with Crippen molar-refractivity contribution in [3.05, 3.63) is 41.7 Å². The topological polar surface area (TPSA) is 63.1 Å². The number of carbonyl (C=O) groups is 1. The van der Waals surface area contributed by atoms with Gasteiger partial charge in [-0.3, -0.25) is 0 Å². The van der Waals surface area contributed by atoms with Crippen molar-refractivity contribution >= 4 is 17.8 Å². The molecule has 1 aromatic heterocycles. The molecule has 122 valence electrons. The van der Waals surface area contributed by atoms with Crippen molar-refractivity contribution in [3.8, 4) is 0 Å². The van der Waals surface area contributed by atoms with E-state index in [0.29, 0.717) is 6.54 Å². The highest BCUT2D eigenvalue weighted by molar-refractivity contribution is 7.98. The van der Waals surface area contributed by atoms with Gasteiger partial charge in [0, 0.05) is 20.1 Å². The van der Waals surface area contributed by atoms with Gasteiger partial charge in [0.1, 0.15) is 0 Å². The molecular formula is C16H21N5OS. The van der Waals surface area contributed by atoms with Crippen LogP contribution in [0, 0.1) is 0 Å². The lowest BCUT2D eigenvalue weighted by Gasteiger charge is -2.24. The lowest BCUT2D eigenvalue weighted by atomic mass is 10.2. The molecule has 0 aliphatic carbocycles. The van der Waals surface area contributed by atoms with E-state index in [1.807, 2.05) is 53.1 Å². The highest BCUT2D eigenvalue weighted by atomic mass is 32.2. The number of nitrogens with zero attached hydrogens (tertiary/aromatic N) is 4. The number of amides is 2. The van der Waals surface area contributed by atoms with Crippen LogP contribution < -0.4 is 5.32 Å². The number of urea groups is 1. The highest BCUT2D eigenvalue weighted by Crippen LogP contribution is 2.31. The molecular weight excluding hydrogens is 310 g/mol. The number of carbonyl (C=O) groups excluding carboxylic acids is 1. The van der Waals surface area contributed by atoms with Crippen LogP contribution in [0.15, 0.2) is 35.5 Å². The number of benzene rings is 1. The first-order chi connectivity index (χ1) is 11.2. The van der Waals surface area contributed by atoms with Gasteiger partial charge in [-0.2, -0.15) is 0 Å². The second-order valence-corrected chi connectivity index (χ2v) is 6.37. The average molecular weight is 331 g/mol. The summed E-state index contributed by atoms with van der Waals surface area (Å²) in [6.45, 7) is 1.30. The molecule has 0 spiro atoms. The van der Waals surface area contributed by atoms with E-state index < -0.39 is 0 Å². The van der Waals surface area contributed by atoms with Crippen molar-refractivity contribution in [2.24, 2.45) is 7.05 Å². The lowest BCUT2D eigenvalue weighted by molar-refractivity contribution is 0.189. The summed E-state index contributed by atoms with van der Waals surface area (Å²) >= 11 is 1.56. The van der Waals surface area contributed by atoms with Crippen molar-refractivity contribution < 1.29 is 4.79 Å². The van der Waals surface area contributed by atoms with Crippen LogP contribution in [0.25, 0.3) is 0 Å². The third-order valence-corrected chi connectivity index (χ3v) is 4.87. The number of hydrogen-bond donors (Lipinski definition) is 1. The van der Waals surface area contributed by atoms with Crippen LogP contribution in [0.4, 0.5) is 4.79 Å². The minimum Gasteiger partial charge on any atom is -0.334 e. The molecule has 1 aliphatic rings. The molecule has 2 amide bonds. The molecule has 1 aromatic carbocycles. The number of thioether (sulfide) groups is 1. The largest absolute Gasteiger partial charge is 0.334 e. The average Bonchev–Trinajstić information content (AvgIpc) is 3.19. The zero-order valence-corrected chi connectivity index (χ0v) is 14.2. The Morgan fingerprint density at radius 3 is 2.83 bits per heavy atom. The summed E-state index contributed by atoms with van der Waals surface area (Å²) in [5.41, 5.74) is 1.10. The van der Waals surface area contributed by atoms with E-state index in [4.69, 9.17) is 0 Å². The lowest BCUT2D eigenvalue weighted by Crippen LogP contribution is -2.39. The van der Waals surface area contributed by atoms with E-state index in [-0.39, 0.29) is 12.1 Å². The van der Waals surface area contributed by atoms with Crippen LogP contribution in [0.1, 0.15) is 30.3 Å². The molecule has 23 heavy (non-hydrogen) atoms. The normalized spacial score (nSPS) is 17.5. The molecule has 3 rings (SSSR count). The third-order valence-electron chi connectivity index (χ3n) is 4.15. The fraction of sp³-hybridized carbons (Fsp3) is 0.438. The molecule has 0 bridgehead atoms. The summed E-state index contributed by atoms with van der Waals surface area (Å²) in [5, 5.41) is 12.4. The van der Waals surface area contributed by atoms with Crippen molar-refractivity contribution in [3.63, 3.8) is 0 Å². The summed E-state index contributed by atoms with van der Waals surface area (Å²) < 4.78 is 1.98. The first-order valence-corrected chi connectivity index (χ1v) is 8.95. The molecule has 1 N–H and O–H groups in total. The quantitative estimate of drug-likeness (QED) is 0.875. The monoisotopic (exact) mass is 331 g/mol. The van der Waals surface area contributed by atoms with Gasteiger partial charge in [-0.05, 0) is 24.7 Å². The molecule has 2 heterocycles. The Bertz CT molecular complexity index is 672.